The normalized spacial score (nSPS) is 36.5. The minimum Gasteiger partial charge on any atom is -0.508 e. The lowest BCUT2D eigenvalue weighted by Gasteiger charge is -2.58. The first kappa shape index (κ1) is 26.9. The van der Waals surface area contributed by atoms with E-state index in [1.807, 2.05) is 0 Å². The van der Waals surface area contributed by atoms with Gasteiger partial charge in [0.2, 0.25) is 0 Å². The van der Waals surface area contributed by atoms with Crippen molar-refractivity contribution in [3.63, 3.8) is 0 Å². The Kier molecular flexibility index (Phi) is 5.47. The number of rotatable bonds is 0. The second-order valence-electron chi connectivity index (χ2n) is 11.6. The number of carbonyl (C=O) groups excluding carboxylic acids is 3. The smallest absolute Gasteiger partial charge is 0.197 e. The first-order chi connectivity index (χ1) is 19.8. The molecule has 2 aromatic carbocycles. The van der Waals surface area contributed by atoms with Gasteiger partial charge < -0.3 is 44.5 Å². The van der Waals surface area contributed by atoms with Crippen molar-refractivity contribution in [1.82, 2.24) is 0 Å². The third-order valence-corrected chi connectivity index (χ3v) is 9.20. The van der Waals surface area contributed by atoms with Gasteiger partial charge in [0.25, 0.3) is 0 Å². The number of carbonyl (C=O) groups is 3. The Bertz CT molecular complexity index is 1660. The van der Waals surface area contributed by atoms with Crippen molar-refractivity contribution in [3.05, 3.63) is 51.6 Å². The summed E-state index contributed by atoms with van der Waals surface area (Å²) in [6, 6.07) is 3.22. The molecule has 1 saturated heterocycles. The highest BCUT2D eigenvalue weighted by Crippen LogP contribution is 2.59. The zero-order valence-electron chi connectivity index (χ0n) is 22.9. The summed E-state index contributed by atoms with van der Waals surface area (Å²) in [6.45, 7) is 6.38. The van der Waals surface area contributed by atoms with Crippen molar-refractivity contribution < 1.29 is 58.9 Å². The second kappa shape index (κ2) is 8.54. The molecule has 9 unspecified atom stereocenters. The molecule has 5 N–H and O–H groups in total. The van der Waals surface area contributed by atoms with E-state index in [4.69, 9.17) is 18.9 Å². The first-order valence-electron chi connectivity index (χ1n) is 13.7. The zero-order chi connectivity index (χ0) is 30.2. The molecule has 12 heteroatoms. The third kappa shape index (κ3) is 3.12. The SMILES string of the molecule is CC1OC(C)C(O)C2=C1C(=O)c1c(O)cc3c(c1C2=O)OC1C(C)OC(C)C2C(=O)c4c(O)cc(O)cc4C(O)C12O3. The number of fused-ring (bicyclic) bond motifs is 4. The molecule has 1 spiro atoms. The Hall–Kier alpha value is -3.97. The summed E-state index contributed by atoms with van der Waals surface area (Å²) in [5, 5.41) is 54.5. The molecule has 0 amide bonds. The Morgan fingerprint density at radius 3 is 2.14 bits per heavy atom. The minimum absolute atomic E-state index is 0.0608. The quantitative estimate of drug-likeness (QED) is 0.305. The fraction of sp³-hybridized carbons (Fsp3) is 0.433. The molecule has 0 radical (unpaired) electrons. The van der Waals surface area contributed by atoms with Crippen molar-refractivity contribution in [3.8, 4) is 28.7 Å². The zero-order valence-corrected chi connectivity index (χ0v) is 22.9. The molecular weight excluding hydrogens is 552 g/mol. The van der Waals surface area contributed by atoms with E-state index < -0.39 is 88.8 Å². The standard InChI is InChI=1S/C30H28O12/c1-8-17-20(23(34)10(3)39-8)25(36)21-19(24(17)35)15(33)7-16-27(21)41-29-11(4)40-9(2)22-26(37)18-13(5-12(31)6-14(18)32)28(38)30(22,29)42-16/h5-11,22-23,28-29,31-34,38H,1-4H3. The molecule has 2 aromatic rings. The van der Waals surface area contributed by atoms with Crippen molar-refractivity contribution in [2.24, 2.45) is 5.92 Å². The van der Waals surface area contributed by atoms with E-state index in [9.17, 15) is 39.9 Å². The van der Waals surface area contributed by atoms with E-state index in [0.717, 1.165) is 18.2 Å². The molecule has 3 heterocycles. The highest BCUT2D eigenvalue weighted by Gasteiger charge is 2.69. The van der Waals surface area contributed by atoms with Crippen LogP contribution in [0.4, 0.5) is 0 Å². The number of phenolic OH excluding ortho intramolecular Hbond substituents is 3. The molecule has 7 rings (SSSR count). The van der Waals surface area contributed by atoms with Crippen molar-refractivity contribution >= 4 is 17.3 Å². The van der Waals surface area contributed by atoms with E-state index in [1.165, 1.54) is 0 Å². The number of ether oxygens (including phenoxy) is 4. The van der Waals surface area contributed by atoms with E-state index in [0.29, 0.717) is 0 Å². The van der Waals surface area contributed by atoms with Crippen molar-refractivity contribution in [2.75, 3.05) is 0 Å². The number of aliphatic hydroxyl groups is 2. The molecule has 12 nitrogen and oxygen atoms in total. The van der Waals surface area contributed by atoms with Crippen LogP contribution in [-0.4, -0.2) is 85.1 Å². The number of ketones is 3. The van der Waals surface area contributed by atoms with E-state index >= 15 is 0 Å². The van der Waals surface area contributed by atoms with Gasteiger partial charge in [-0.1, -0.05) is 0 Å². The molecule has 5 aliphatic rings. The molecule has 220 valence electrons. The average molecular weight is 581 g/mol. The summed E-state index contributed by atoms with van der Waals surface area (Å²) in [4.78, 5) is 41.5. The maximum atomic E-state index is 14.0. The van der Waals surface area contributed by atoms with Crippen molar-refractivity contribution in [1.29, 1.82) is 0 Å². The van der Waals surface area contributed by atoms with Crippen LogP contribution in [0.15, 0.2) is 29.3 Å². The maximum Gasteiger partial charge on any atom is 0.197 e. The second-order valence-corrected chi connectivity index (χ2v) is 11.6. The summed E-state index contributed by atoms with van der Waals surface area (Å²) in [5.41, 5.74) is -3.06. The predicted octanol–water partition coefficient (Wildman–Crippen LogP) is 1.88. The van der Waals surface area contributed by atoms with Crippen LogP contribution in [0, 0.1) is 5.92 Å². The van der Waals surface area contributed by atoms with Crippen LogP contribution in [0.25, 0.3) is 0 Å². The summed E-state index contributed by atoms with van der Waals surface area (Å²) in [7, 11) is 0. The minimum atomic E-state index is -1.89. The lowest BCUT2D eigenvalue weighted by atomic mass is 9.62. The van der Waals surface area contributed by atoms with Crippen LogP contribution in [0.1, 0.15) is 70.4 Å². The molecule has 0 saturated carbocycles. The van der Waals surface area contributed by atoms with Crippen molar-refractivity contribution in [2.45, 2.75) is 76.0 Å². The average Bonchev–Trinajstić information content (AvgIpc) is 2.90. The number of phenols is 3. The van der Waals surface area contributed by atoms with E-state index in [-0.39, 0.29) is 44.9 Å². The van der Waals surface area contributed by atoms with Gasteiger partial charge in [-0.25, -0.2) is 0 Å². The van der Waals surface area contributed by atoms with Gasteiger partial charge in [-0.2, -0.15) is 0 Å². The molecule has 0 aromatic heterocycles. The van der Waals surface area contributed by atoms with Gasteiger partial charge in [0.1, 0.15) is 29.5 Å². The summed E-state index contributed by atoms with van der Waals surface area (Å²) >= 11 is 0. The highest BCUT2D eigenvalue weighted by atomic mass is 16.6. The number of aromatic hydroxyl groups is 3. The number of hydrogen-bond donors (Lipinski definition) is 5. The molecule has 2 aliphatic carbocycles. The molecule has 1 fully saturated rings. The van der Waals surface area contributed by atoms with Crippen LogP contribution >= 0.6 is 0 Å². The molecular formula is C30H28O12. The fourth-order valence-electron chi connectivity index (χ4n) is 7.52. The Morgan fingerprint density at radius 2 is 1.43 bits per heavy atom. The van der Waals surface area contributed by atoms with Gasteiger partial charge in [-0.3, -0.25) is 14.4 Å². The fourth-order valence-corrected chi connectivity index (χ4v) is 7.52. The third-order valence-electron chi connectivity index (χ3n) is 9.20. The Labute approximate surface area is 238 Å². The van der Waals surface area contributed by atoms with Gasteiger partial charge in [0, 0.05) is 28.8 Å². The van der Waals surface area contributed by atoms with Gasteiger partial charge in [0.05, 0.1) is 47.0 Å². The highest BCUT2D eigenvalue weighted by molar-refractivity contribution is 6.30. The van der Waals surface area contributed by atoms with Crippen LogP contribution in [0.5, 0.6) is 28.7 Å². The molecule has 9 atom stereocenters. The molecule has 3 aliphatic heterocycles. The summed E-state index contributed by atoms with van der Waals surface area (Å²) in [5.74, 6) is -5.28. The largest absolute Gasteiger partial charge is 0.508 e. The monoisotopic (exact) mass is 580 g/mol. The summed E-state index contributed by atoms with van der Waals surface area (Å²) in [6.07, 6.45) is -7.61. The number of aliphatic hydroxyl groups excluding tert-OH is 2. The predicted molar refractivity (Wildman–Crippen MR) is 140 cm³/mol. The van der Waals surface area contributed by atoms with Crippen LogP contribution < -0.4 is 9.47 Å². The van der Waals surface area contributed by atoms with Gasteiger partial charge in [0.15, 0.2) is 40.6 Å². The maximum absolute atomic E-state index is 14.0. The van der Waals surface area contributed by atoms with Gasteiger partial charge in [-0.15, -0.1) is 0 Å². The number of benzene rings is 2. The number of Topliss-reactive ketones (excluding diaryl/α,β-unsaturated/α-hetero) is 3. The molecule has 0 bridgehead atoms. The Morgan fingerprint density at radius 1 is 0.762 bits per heavy atom. The number of hydrogen-bond acceptors (Lipinski definition) is 12. The van der Waals surface area contributed by atoms with E-state index in [1.54, 1.807) is 27.7 Å². The van der Waals surface area contributed by atoms with Gasteiger partial charge in [-0.05, 0) is 33.8 Å². The molecule has 42 heavy (non-hydrogen) atoms. The first-order valence-corrected chi connectivity index (χ1v) is 13.7. The Balaban J connectivity index is 1.45. The van der Waals surface area contributed by atoms with Crippen LogP contribution in [0.3, 0.4) is 0 Å². The summed E-state index contributed by atoms with van der Waals surface area (Å²) < 4.78 is 24.5. The van der Waals surface area contributed by atoms with Gasteiger partial charge >= 0.3 is 0 Å². The lowest BCUT2D eigenvalue weighted by Crippen LogP contribution is -2.73. The lowest BCUT2D eigenvalue weighted by molar-refractivity contribution is -0.256. The van der Waals surface area contributed by atoms with Crippen LogP contribution in [0.2, 0.25) is 0 Å². The van der Waals surface area contributed by atoms with Crippen LogP contribution in [-0.2, 0) is 9.47 Å². The van der Waals surface area contributed by atoms with E-state index in [2.05, 4.69) is 0 Å². The topological polar surface area (TPSA) is 189 Å².